The third-order valence-corrected chi connectivity index (χ3v) is 8.23. The van der Waals surface area contributed by atoms with E-state index in [9.17, 15) is 24.6 Å². The molecule has 1 aromatic heterocycles. The van der Waals surface area contributed by atoms with E-state index in [0.717, 1.165) is 18.4 Å². The number of carbonyl (C=O) groups is 2. The molecule has 42 heavy (non-hydrogen) atoms. The molecule has 4 atom stereocenters. The SMILES string of the molecule is CO[C@@H]1[C@@H](OC(N)=O)[C@@H](O)[C@H](Oc2ccc3c(O)c(CC(=O)c4cccc(C5CCC5)c4)c(=O)oc3c2C)OC1(C)C. The Kier molecular flexibility index (Phi) is 8.02. The summed E-state index contributed by atoms with van der Waals surface area (Å²) >= 11 is 0. The number of hydrogen-bond donors (Lipinski definition) is 3. The van der Waals surface area contributed by atoms with Crippen molar-refractivity contribution in [2.24, 2.45) is 5.73 Å². The predicted molar refractivity (Wildman–Crippen MR) is 151 cm³/mol. The molecule has 1 amide bonds. The highest BCUT2D eigenvalue weighted by molar-refractivity contribution is 5.99. The molecule has 2 heterocycles. The first-order valence-electron chi connectivity index (χ1n) is 13.8. The van der Waals surface area contributed by atoms with Crippen LogP contribution in [-0.2, 0) is 20.6 Å². The van der Waals surface area contributed by atoms with E-state index < -0.39 is 41.9 Å². The lowest BCUT2D eigenvalue weighted by molar-refractivity contribution is -0.304. The van der Waals surface area contributed by atoms with Crippen LogP contribution in [0.4, 0.5) is 4.79 Å². The van der Waals surface area contributed by atoms with Gasteiger partial charge < -0.3 is 39.3 Å². The molecule has 4 N–H and O–H groups in total. The minimum atomic E-state index is -1.48. The molecule has 3 aromatic rings. The van der Waals surface area contributed by atoms with Crippen LogP contribution >= 0.6 is 0 Å². The molecule has 11 nitrogen and oxygen atoms in total. The van der Waals surface area contributed by atoms with Crippen molar-refractivity contribution in [1.82, 2.24) is 0 Å². The molecule has 0 radical (unpaired) electrons. The van der Waals surface area contributed by atoms with Gasteiger partial charge in [-0.15, -0.1) is 0 Å². The van der Waals surface area contributed by atoms with Crippen LogP contribution in [0.25, 0.3) is 11.0 Å². The number of carbonyl (C=O) groups excluding carboxylic acids is 2. The number of aliphatic hydroxyl groups is 1. The van der Waals surface area contributed by atoms with Crippen LogP contribution in [0.2, 0.25) is 0 Å². The number of Topliss-reactive ketones (excluding diaryl/α,β-unsaturated/α-hetero) is 1. The molecule has 2 aromatic carbocycles. The fourth-order valence-electron chi connectivity index (χ4n) is 5.73. The normalized spacial score (nSPS) is 23.7. The lowest BCUT2D eigenvalue weighted by Crippen LogP contribution is -2.65. The molecule has 0 spiro atoms. The second kappa shape index (κ2) is 11.4. The Labute approximate surface area is 242 Å². The van der Waals surface area contributed by atoms with E-state index in [1.165, 1.54) is 25.7 Å². The van der Waals surface area contributed by atoms with Gasteiger partial charge in [0.05, 0.1) is 16.6 Å². The molecule has 5 rings (SSSR count). The first kappa shape index (κ1) is 29.6. The number of benzene rings is 2. The van der Waals surface area contributed by atoms with Gasteiger partial charge in [0, 0.05) is 24.7 Å². The van der Waals surface area contributed by atoms with Gasteiger partial charge in [0.15, 0.2) is 18.0 Å². The molecule has 2 fully saturated rings. The molecule has 1 saturated heterocycles. The number of methoxy groups -OCH3 is 1. The third-order valence-electron chi connectivity index (χ3n) is 8.23. The maximum Gasteiger partial charge on any atom is 0.404 e. The number of primary amides is 1. The average Bonchev–Trinajstić information content (AvgIpc) is 2.90. The summed E-state index contributed by atoms with van der Waals surface area (Å²) in [5, 5.41) is 22.2. The fraction of sp³-hybridized carbons (Fsp3) is 0.452. The predicted octanol–water partition coefficient (Wildman–Crippen LogP) is 3.85. The van der Waals surface area contributed by atoms with Gasteiger partial charge in [-0.3, -0.25) is 4.79 Å². The second-order valence-electron chi connectivity index (χ2n) is 11.4. The van der Waals surface area contributed by atoms with Gasteiger partial charge >= 0.3 is 11.7 Å². The molecule has 224 valence electrons. The maximum absolute atomic E-state index is 13.1. The number of aryl methyl sites for hydroxylation is 1. The molecule has 1 aliphatic carbocycles. The van der Waals surface area contributed by atoms with Crippen molar-refractivity contribution in [3.8, 4) is 11.5 Å². The molecule has 1 saturated carbocycles. The number of aromatic hydroxyl groups is 1. The van der Waals surface area contributed by atoms with Crippen LogP contribution in [0.1, 0.15) is 66.1 Å². The Bertz CT molecular complexity index is 1570. The Balaban J connectivity index is 1.41. The summed E-state index contributed by atoms with van der Waals surface area (Å²) in [6, 6.07) is 10.4. The minimum absolute atomic E-state index is 0.0439. The molecule has 0 bridgehead atoms. The van der Waals surface area contributed by atoms with Crippen LogP contribution in [0.15, 0.2) is 45.6 Å². The summed E-state index contributed by atoms with van der Waals surface area (Å²) in [4.78, 5) is 37.6. The van der Waals surface area contributed by atoms with Gasteiger partial charge in [-0.2, -0.15) is 0 Å². The van der Waals surface area contributed by atoms with Crippen molar-refractivity contribution in [3.63, 3.8) is 0 Å². The largest absolute Gasteiger partial charge is 0.507 e. The van der Waals surface area contributed by atoms with E-state index in [1.54, 1.807) is 26.8 Å². The Morgan fingerprint density at radius 1 is 1.17 bits per heavy atom. The number of ether oxygens (including phenoxy) is 4. The van der Waals surface area contributed by atoms with E-state index in [1.807, 2.05) is 18.2 Å². The van der Waals surface area contributed by atoms with E-state index in [0.29, 0.717) is 17.0 Å². The number of nitrogens with two attached hydrogens (primary N) is 1. The molecule has 1 aliphatic heterocycles. The smallest absolute Gasteiger partial charge is 0.404 e. The first-order chi connectivity index (χ1) is 19.9. The van der Waals surface area contributed by atoms with E-state index >= 15 is 0 Å². The third kappa shape index (κ3) is 5.47. The zero-order valence-electron chi connectivity index (χ0n) is 23.9. The fourth-order valence-corrected chi connectivity index (χ4v) is 5.73. The highest BCUT2D eigenvalue weighted by Gasteiger charge is 2.53. The standard InChI is InChI=1S/C31H35NO10/c1-15-22(39-29-24(35)26(41-30(32)37)27(38-4)31(2,3)42-29)12-11-19-23(34)20(28(36)40-25(15)19)14-21(33)18-10-6-9-17(13-18)16-7-5-8-16/h6,9-13,16,24,26-27,29,34-35H,5,7-8,14H2,1-4H3,(H2,32,37)/t24-,26+,27-,29-/m1/s1. The van der Waals surface area contributed by atoms with Crippen LogP contribution in [0, 0.1) is 6.92 Å². The summed E-state index contributed by atoms with van der Waals surface area (Å²) in [6.45, 7) is 4.96. The number of fused-ring (bicyclic) bond motifs is 1. The minimum Gasteiger partial charge on any atom is -0.507 e. The van der Waals surface area contributed by atoms with Crippen LogP contribution < -0.4 is 16.1 Å². The number of ketones is 1. The molecular formula is C31H35NO10. The number of amides is 1. The Hall–Kier alpha value is -3.93. The summed E-state index contributed by atoms with van der Waals surface area (Å²) in [6.07, 6.45) is -2.92. The van der Waals surface area contributed by atoms with Gasteiger partial charge in [-0.1, -0.05) is 24.6 Å². The van der Waals surface area contributed by atoms with Gasteiger partial charge in [-0.05, 0) is 63.3 Å². The summed E-state index contributed by atoms with van der Waals surface area (Å²) in [5.74, 6) is -0.0315. The van der Waals surface area contributed by atoms with Crippen molar-refractivity contribution in [2.45, 2.75) is 82.6 Å². The van der Waals surface area contributed by atoms with Crippen molar-refractivity contribution < 1.29 is 43.2 Å². The van der Waals surface area contributed by atoms with Gasteiger partial charge in [0.2, 0.25) is 6.29 Å². The zero-order valence-corrected chi connectivity index (χ0v) is 23.9. The topological polar surface area (TPSA) is 168 Å². The lowest BCUT2D eigenvalue weighted by atomic mass is 9.79. The monoisotopic (exact) mass is 581 g/mol. The van der Waals surface area contributed by atoms with Crippen LogP contribution in [-0.4, -0.2) is 59.4 Å². The zero-order chi connectivity index (χ0) is 30.3. The first-order valence-corrected chi connectivity index (χ1v) is 13.8. The quantitative estimate of drug-likeness (QED) is 0.262. The van der Waals surface area contributed by atoms with E-state index in [-0.39, 0.29) is 40.2 Å². The van der Waals surface area contributed by atoms with Crippen LogP contribution in [0.5, 0.6) is 11.5 Å². The lowest BCUT2D eigenvalue weighted by Gasteiger charge is -2.47. The summed E-state index contributed by atoms with van der Waals surface area (Å²) in [7, 11) is 1.39. The molecule has 11 heteroatoms. The Morgan fingerprint density at radius 3 is 2.55 bits per heavy atom. The molecular weight excluding hydrogens is 546 g/mol. The van der Waals surface area contributed by atoms with Crippen molar-refractivity contribution in [2.75, 3.05) is 7.11 Å². The average molecular weight is 582 g/mol. The van der Waals surface area contributed by atoms with Crippen molar-refractivity contribution >= 4 is 22.8 Å². The maximum atomic E-state index is 13.1. The molecule has 2 aliphatic rings. The van der Waals surface area contributed by atoms with Gasteiger partial charge in [0.1, 0.15) is 23.2 Å². The highest BCUT2D eigenvalue weighted by atomic mass is 16.7. The highest BCUT2D eigenvalue weighted by Crippen LogP contribution is 2.39. The second-order valence-corrected chi connectivity index (χ2v) is 11.4. The van der Waals surface area contributed by atoms with E-state index in [4.69, 9.17) is 29.1 Å². The van der Waals surface area contributed by atoms with Gasteiger partial charge in [-0.25, -0.2) is 9.59 Å². The Morgan fingerprint density at radius 2 is 1.90 bits per heavy atom. The number of hydrogen-bond acceptors (Lipinski definition) is 10. The summed E-state index contributed by atoms with van der Waals surface area (Å²) < 4.78 is 28.0. The van der Waals surface area contributed by atoms with Crippen molar-refractivity contribution in [1.29, 1.82) is 0 Å². The van der Waals surface area contributed by atoms with Crippen LogP contribution in [0.3, 0.4) is 0 Å². The number of aliphatic hydroxyl groups excluding tert-OH is 1. The summed E-state index contributed by atoms with van der Waals surface area (Å²) in [5.41, 5.74) is 5.11. The molecule has 0 unspecified atom stereocenters. The number of rotatable bonds is 8. The van der Waals surface area contributed by atoms with E-state index in [2.05, 4.69) is 0 Å². The van der Waals surface area contributed by atoms with Crippen molar-refractivity contribution in [3.05, 3.63) is 69.1 Å². The van der Waals surface area contributed by atoms with Gasteiger partial charge in [0.25, 0.3) is 0 Å².